The van der Waals surface area contributed by atoms with Crippen LogP contribution in [0.25, 0.3) is 0 Å². The minimum atomic E-state index is -0.0944. The summed E-state index contributed by atoms with van der Waals surface area (Å²) in [6.45, 7) is 1.50. The summed E-state index contributed by atoms with van der Waals surface area (Å²) in [6.07, 6.45) is 3.83. The van der Waals surface area contributed by atoms with Crippen molar-refractivity contribution >= 4 is 34.6 Å². The van der Waals surface area contributed by atoms with Gasteiger partial charge in [0.2, 0.25) is 5.91 Å². The van der Waals surface area contributed by atoms with Crippen LogP contribution in [-0.2, 0) is 11.8 Å². The average molecular weight is 392 g/mol. The zero-order chi connectivity index (χ0) is 19.7. The van der Waals surface area contributed by atoms with E-state index in [9.17, 15) is 4.79 Å². The Bertz CT molecular complexity index is 999. The Hall–Kier alpha value is -3.19. The Kier molecular flexibility index (Phi) is 4.83. The molecule has 2 N–H and O–H groups in total. The lowest BCUT2D eigenvalue weighted by atomic mass is 10.0. The van der Waals surface area contributed by atoms with E-state index in [1.165, 1.54) is 6.92 Å². The molecule has 0 spiro atoms. The Morgan fingerprint density at radius 3 is 2.54 bits per heavy atom. The molecule has 6 nitrogen and oxygen atoms in total. The van der Waals surface area contributed by atoms with E-state index in [2.05, 4.69) is 31.2 Å². The van der Waals surface area contributed by atoms with Gasteiger partial charge in [0.25, 0.3) is 0 Å². The van der Waals surface area contributed by atoms with Gasteiger partial charge in [0.1, 0.15) is 6.04 Å². The van der Waals surface area contributed by atoms with Crippen LogP contribution in [0.1, 0.15) is 30.4 Å². The van der Waals surface area contributed by atoms with Crippen molar-refractivity contribution in [1.29, 1.82) is 0 Å². The quantitative estimate of drug-likeness (QED) is 0.666. The zero-order valence-electron chi connectivity index (χ0n) is 15.7. The van der Waals surface area contributed by atoms with Crippen LogP contribution in [0.5, 0.6) is 0 Å². The lowest BCUT2D eigenvalue weighted by molar-refractivity contribution is -0.114. The molecule has 2 aromatic heterocycles. The minimum Gasteiger partial charge on any atom is -0.353 e. The van der Waals surface area contributed by atoms with Crippen LogP contribution in [0.4, 0.5) is 11.4 Å². The number of benzene rings is 1. The molecule has 1 aliphatic rings. The second-order valence-electron chi connectivity index (χ2n) is 6.77. The first-order chi connectivity index (χ1) is 13.5. The van der Waals surface area contributed by atoms with Crippen molar-refractivity contribution in [2.75, 3.05) is 10.2 Å². The maximum Gasteiger partial charge on any atom is 0.221 e. The van der Waals surface area contributed by atoms with E-state index in [1.807, 2.05) is 61.8 Å². The van der Waals surface area contributed by atoms with E-state index in [0.717, 1.165) is 22.8 Å². The van der Waals surface area contributed by atoms with Crippen molar-refractivity contribution in [3.05, 3.63) is 78.4 Å². The highest BCUT2D eigenvalue weighted by Crippen LogP contribution is 2.41. The molecular formula is C21H21N5OS. The van der Waals surface area contributed by atoms with Crippen molar-refractivity contribution in [2.24, 2.45) is 7.05 Å². The number of thiocarbonyl (C=S) groups is 1. The summed E-state index contributed by atoms with van der Waals surface area (Å²) in [6, 6.07) is 17.6. The molecule has 0 saturated carbocycles. The smallest absolute Gasteiger partial charge is 0.221 e. The maximum absolute atomic E-state index is 11.3. The molecule has 3 heterocycles. The number of nitrogens with one attached hydrogen (secondary N) is 2. The maximum atomic E-state index is 11.3. The first-order valence-electron chi connectivity index (χ1n) is 9.04. The van der Waals surface area contributed by atoms with Gasteiger partial charge in [-0.25, -0.2) is 0 Å². The number of aromatic nitrogens is 2. The van der Waals surface area contributed by atoms with Gasteiger partial charge in [-0.3, -0.25) is 9.78 Å². The summed E-state index contributed by atoms with van der Waals surface area (Å²) >= 11 is 5.70. The molecule has 1 amide bonds. The van der Waals surface area contributed by atoms with Crippen molar-refractivity contribution in [3.8, 4) is 0 Å². The van der Waals surface area contributed by atoms with Crippen LogP contribution in [0, 0.1) is 0 Å². The molecule has 4 rings (SSSR count). The van der Waals surface area contributed by atoms with Crippen LogP contribution < -0.4 is 15.5 Å². The normalized spacial score (nSPS) is 18.8. The third-order valence-electron chi connectivity index (χ3n) is 4.85. The predicted octanol–water partition coefficient (Wildman–Crippen LogP) is 3.56. The largest absolute Gasteiger partial charge is 0.353 e. The van der Waals surface area contributed by atoms with Crippen LogP contribution >= 0.6 is 12.2 Å². The average Bonchev–Trinajstić information content (AvgIpc) is 3.25. The van der Waals surface area contributed by atoms with E-state index in [-0.39, 0.29) is 18.0 Å². The number of carbonyl (C=O) groups is 1. The van der Waals surface area contributed by atoms with E-state index in [1.54, 1.807) is 6.20 Å². The summed E-state index contributed by atoms with van der Waals surface area (Å²) in [5.41, 5.74) is 3.78. The minimum absolute atomic E-state index is 0.0472. The summed E-state index contributed by atoms with van der Waals surface area (Å²) < 4.78 is 2.11. The zero-order valence-corrected chi connectivity index (χ0v) is 16.5. The highest BCUT2D eigenvalue weighted by molar-refractivity contribution is 7.80. The van der Waals surface area contributed by atoms with Crippen LogP contribution in [-0.4, -0.2) is 20.6 Å². The molecular weight excluding hydrogens is 370 g/mol. The second-order valence-corrected chi connectivity index (χ2v) is 7.16. The first kappa shape index (κ1) is 18.2. The van der Waals surface area contributed by atoms with E-state index in [4.69, 9.17) is 12.2 Å². The SMILES string of the molecule is CC(=O)Nc1ccc(N2C(=S)N[C@@H](c3ccccn3)[C@@H]2c2cccn2C)cc1. The van der Waals surface area contributed by atoms with Gasteiger partial charge in [0.05, 0.1) is 11.7 Å². The molecule has 2 atom stereocenters. The standard InChI is InChI=1S/C21H21N5OS/c1-14(27)23-15-8-10-16(11-9-15)26-20(18-7-5-13-25(18)2)19(24-21(26)28)17-6-3-4-12-22-17/h3-13,19-20H,1-2H3,(H,23,27)(H,24,28)/t19-,20-/m0/s1. The number of hydrogen-bond acceptors (Lipinski definition) is 3. The highest BCUT2D eigenvalue weighted by atomic mass is 32.1. The molecule has 0 bridgehead atoms. The molecule has 1 aliphatic heterocycles. The van der Waals surface area contributed by atoms with E-state index in [0.29, 0.717) is 5.11 Å². The molecule has 28 heavy (non-hydrogen) atoms. The lowest BCUT2D eigenvalue weighted by Gasteiger charge is -2.28. The Morgan fingerprint density at radius 2 is 1.93 bits per heavy atom. The molecule has 1 fully saturated rings. The summed E-state index contributed by atoms with van der Waals surface area (Å²) in [7, 11) is 2.03. The number of amides is 1. The third-order valence-corrected chi connectivity index (χ3v) is 5.17. The number of carbonyl (C=O) groups excluding carboxylic acids is 1. The third kappa shape index (κ3) is 3.36. The molecule has 0 aliphatic carbocycles. The first-order valence-corrected chi connectivity index (χ1v) is 9.45. The van der Waals surface area contributed by atoms with Gasteiger partial charge in [-0.2, -0.15) is 0 Å². The second kappa shape index (κ2) is 7.44. The van der Waals surface area contributed by atoms with Crippen LogP contribution in [0.15, 0.2) is 67.0 Å². The molecule has 1 saturated heterocycles. The lowest BCUT2D eigenvalue weighted by Crippen LogP contribution is -2.30. The van der Waals surface area contributed by atoms with E-state index >= 15 is 0 Å². The molecule has 3 aromatic rings. The Morgan fingerprint density at radius 1 is 1.14 bits per heavy atom. The van der Waals surface area contributed by atoms with Crippen molar-refractivity contribution < 1.29 is 4.79 Å². The molecule has 0 unspecified atom stereocenters. The molecule has 0 radical (unpaired) electrons. The van der Waals surface area contributed by atoms with Gasteiger partial charge in [-0.15, -0.1) is 0 Å². The van der Waals surface area contributed by atoms with Crippen LogP contribution in [0.2, 0.25) is 0 Å². The van der Waals surface area contributed by atoms with Gasteiger partial charge in [-0.05, 0) is 60.7 Å². The fraction of sp³-hybridized carbons (Fsp3) is 0.190. The van der Waals surface area contributed by atoms with Gasteiger partial charge in [0.15, 0.2) is 5.11 Å². The number of aryl methyl sites for hydroxylation is 1. The number of rotatable bonds is 4. The number of nitrogens with zero attached hydrogens (tertiary/aromatic N) is 3. The highest BCUT2D eigenvalue weighted by Gasteiger charge is 2.41. The molecule has 142 valence electrons. The predicted molar refractivity (Wildman–Crippen MR) is 114 cm³/mol. The number of hydrogen-bond donors (Lipinski definition) is 2. The Labute approximate surface area is 169 Å². The Balaban J connectivity index is 1.75. The van der Waals surface area contributed by atoms with Crippen molar-refractivity contribution in [2.45, 2.75) is 19.0 Å². The fourth-order valence-corrected chi connectivity index (χ4v) is 3.97. The van der Waals surface area contributed by atoms with Crippen molar-refractivity contribution in [1.82, 2.24) is 14.9 Å². The monoisotopic (exact) mass is 391 g/mol. The molecule has 7 heteroatoms. The summed E-state index contributed by atoms with van der Waals surface area (Å²) in [4.78, 5) is 18.0. The van der Waals surface area contributed by atoms with Crippen molar-refractivity contribution in [3.63, 3.8) is 0 Å². The fourth-order valence-electron chi connectivity index (χ4n) is 3.62. The summed E-state index contributed by atoms with van der Waals surface area (Å²) in [5.74, 6) is -0.0944. The number of anilines is 2. The van der Waals surface area contributed by atoms with Crippen LogP contribution in [0.3, 0.4) is 0 Å². The van der Waals surface area contributed by atoms with Gasteiger partial charge >= 0.3 is 0 Å². The van der Waals surface area contributed by atoms with Gasteiger partial charge in [0, 0.05) is 43.4 Å². The van der Waals surface area contributed by atoms with Gasteiger partial charge in [-0.1, -0.05) is 6.07 Å². The molecule has 1 aromatic carbocycles. The van der Waals surface area contributed by atoms with Gasteiger partial charge < -0.3 is 20.1 Å². The topological polar surface area (TPSA) is 62.2 Å². The summed E-state index contributed by atoms with van der Waals surface area (Å²) in [5, 5.41) is 6.89. The van der Waals surface area contributed by atoms with E-state index < -0.39 is 0 Å². The number of pyridine rings is 1.